The molecule has 23 heavy (non-hydrogen) atoms. The second-order valence-corrected chi connectivity index (χ2v) is 14.7. The second kappa shape index (κ2) is 6.40. The average molecular weight is 362 g/mol. The molecule has 0 aliphatic carbocycles. The topological polar surface area (TPSA) is 0 Å². The van der Waals surface area contributed by atoms with E-state index >= 15 is 0 Å². The van der Waals surface area contributed by atoms with Gasteiger partial charge >= 0.3 is 0 Å². The molecule has 3 heterocycles. The maximum atomic E-state index is 2.54. The summed E-state index contributed by atoms with van der Waals surface area (Å²) in [7, 11) is 0.0574. The van der Waals surface area contributed by atoms with Gasteiger partial charge in [0.25, 0.3) is 0 Å². The summed E-state index contributed by atoms with van der Waals surface area (Å²) in [6, 6.07) is 7.19. The fraction of sp³-hybridized carbons (Fsp3) is 0.600. The molecule has 0 saturated carbocycles. The first kappa shape index (κ1) is 16.5. The van der Waals surface area contributed by atoms with Crippen molar-refractivity contribution in [1.29, 1.82) is 0 Å². The van der Waals surface area contributed by atoms with Crippen LogP contribution in [0, 0.1) is 0 Å². The van der Waals surface area contributed by atoms with Crippen molar-refractivity contribution in [2.45, 2.75) is 76.0 Å². The molecule has 0 nitrogen and oxygen atoms in total. The molecule has 1 aromatic carbocycles. The van der Waals surface area contributed by atoms with Gasteiger partial charge in [-0.05, 0) is 70.4 Å². The first-order valence-electron chi connectivity index (χ1n) is 9.14. The van der Waals surface area contributed by atoms with Crippen molar-refractivity contribution in [2.24, 2.45) is 0 Å². The van der Waals surface area contributed by atoms with E-state index < -0.39 is 0 Å². The first-order chi connectivity index (χ1) is 11.1. The van der Waals surface area contributed by atoms with E-state index in [9.17, 15) is 0 Å². The van der Waals surface area contributed by atoms with E-state index in [1.165, 1.54) is 25.7 Å². The van der Waals surface area contributed by atoms with Crippen molar-refractivity contribution in [3.8, 4) is 0 Å². The van der Waals surface area contributed by atoms with Gasteiger partial charge in [-0.1, -0.05) is 55.7 Å². The number of hydrogen-bond acceptors (Lipinski definition) is 1. The van der Waals surface area contributed by atoms with Gasteiger partial charge in [0, 0.05) is 10.1 Å². The van der Waals surface area contributed by atoms with Crippen LogP contribution in [0.2, 0.25) is 0 Å². The Morgan fingerprint density at radius 2 is 1.30 bits per heavy atom. The minimum absolute atomic E-state index is 0.0212. The third-order valence-corrected chi connectivity index (χ3v) is 13.8. The van der Waals surface area contributed by atoms with Crippen LogP contribution in [0.3, 0.4) is 0 Å². The van der Waals surface area contributed by atoms with Crippen LogP contribution in [-0.4, -0.2) is 22.6 Å². The minimum Gasteiger partial charge on any atom is -0.143 e. The Bertz CT molecular complexity index is 687. The lowest BCUT2D eigenvalue weighted by molar-refractivity contribution is 0.777. The zero-order valence-corrected chi connectivity index (χ0v) is 17.4. The normalized spacial score (nSPS) is 35.4. The molecule has 0 radical (unpaired) electrons. The Balaban J connectivity index is 1.87. The van der Waals surface area contributed by atoms with Gasteiger partial charge in [0.05, 0.1) is 0 Å². The maximum Gasteiger partial charge on any atom is 0.0355 e. The standard InChI is InChI=1S/C20H28P2S/c1-13-8-9-14(2)21(13)17-6-5-7-19-20(17)18(12-23-19)22-15(3)10-11-16(22)4/h5-7,12-16H,8-11H2,1-4H3/t13?,14?,15-,16-,21?/m1/s1. The molecule has 2 aliphatic heterocycles. The Kier molecular flexibility index (Phi) is 4.59. The summed E-state index contributed by atoms with van der Waals surface area (Å²) < 4.78 is 1.56. The molecule has 3 heteroatoms. The summed E-state index contributed by atoms with van der Waals surface area (Å²) in [6.07, 6.45) is 5.75. The van der Waals surface area contributed by atoms with Crippen LogP contribution in [0.4, 0.5) is 0 Å². The number of benzene rings is 1. The summed E-state index contributed by atoms with van der Waals surface area (Å²) >= 11 is 2.01. The fourth-order valence-corrected chi connectivity index (χ4v) is 13.1. The summed E-state index contributed by atoms with van der Waals surface area (Å²) in [5.41, 5.74) is 3.64. The fourth-order valence-electron chi connectivity index (χ4n) is 4.80. The van der Waals surface area contributed by atoms with Gasteiger partial charge in [-0.2, -0.15) is 0 Å². The molecule has 2 fully saturated rings. The van der Waals surface area contributed by atoms with Crippen LogP contribution in [0.25, 0.3) is 10.1 Å². The van der Waals surface area contributed by atoms with Gasteiger partial charge in [-0.15, -0.1) is 11.3 Å². The van der Waals surface area contributed by atoms with Gasteiger partial charge in [0.1, 0.15) is 0 Å². The van der Waals surface area contributed by atoms with E-state index in [1.54, 1.807) is 20.7 Å². The van der Waals surface area contributed by atoms with Crippen molar-refractivity contribution in [2.75, 3.05) is 0 Å². The van der Waals surface area contributed by atoms with Gasteiger partial charge in [-0.3, -0.25) is 0 Å². The molecule has 1 aromatic heterocycles. The van der Waals surface area contributed by atoms with Crippen molar-refractivity contribution < 1.29 is 0 Å². The lowest BCUT2D eigenvalue weighted by atomic mass is 10.2. The Labute approximate surface area is 147 Å². The molecule has 0 N–H and O–H groups in total. The van der Waals surface area contributed by atoms with E-state index in [0.717, 1.165) is 22.6 Å². The third-order valence-electron chi connectivity index (χ3n) is 6.02. The molecule has 0 spiro atoms. The van der Waals surface area contributed by atoms with E-state index in [1.807, 2.05) is 11.3 Å². The van der Waals surface area contributed by atoms with Crippen LogP contribution in [0.15, 0.2) is 23.6 Å². The van der Waals surface area contributed by atoms with Crippen molar-refractivity contribution in [3.63, 3.8) is 0 Å². The Morgan fingerprint density at radius 1 is 0.783 bits per heavy atom. The average Bonchev–Trinajstić information content (AvgIpc) is 3.18. The van der Waals surface area contributed by atoms with Gasteiger partial charge in [-0.25, -0.2) is 0 Å². The molecule has 2 saturated heterocycles. The van der Waals surface area contributed by atoms with Crippen molar-refractivity contribution in [1.82, 2.24) is 0 Å². The summed E-state index contributed by atoms with van der Waals surface area (Å²) in [5, 5.41) is 7.76. The van der Waals surface area contributed by atoms with Gasteiger partial charge in [0.15, 0.2) is 0 Å². The maximum absolute atomic E-state index is 2.54. The molecular formula is C20H28P2S. The highest BCUT2D eigenvalue weighted by Gasteiger charge is 2.36. The summed E-state index contributed by atoms with van der Waals surface area (Å²) in [6.45, 7) is 10.0. The molecule has 2 aromatic rings. The zero-order chi connectivity index (χ0) is 16.1. The summed E-state index contributed by atoms with van der Waals surface area (Å²) in [5.74, 6) is 0. The smallest absolute Gasteiger partial charge is 0.0355 e. The van der Waals surface area contributed by atoms with Crippen LogP contribution in [-0.2, 0) is 0 Å². The molecule has 2 unspecified atom stereocenters. The van der Waals surface area contributed by atoms with Crippen LogP contribution >= 0.6 is 27.2 Å². The number of rotatable bonds is 2. The van der Waals surface area contributed by atoms with E-state index in [4.69, 9.17) is 0 Å². The third kappa shape index (κ3) is 2.72. The number of hydrogen-bond donors (Lipinski definition) is 0. The minimum atomic E-state index is 0.0212. The van der Waals surface area contributed by atoms with Crippen LogP contribution < -0.4 is 10.6 Å². The lowest BCUT2D eigenvalue weighted by Gasteiger charge is -2.26. The summed E-state index contributed by atoms with van der Waals surface area (Å²) in [4.78, 5) is 0. The predicted octanol–water partition coefficient (Wildman–Crippen LogP) is 6.26. The van der Waals surface area contributed by atoms with Crippen LogP contribution in [0.5, 0.6) is 0 Å². The molecule has 4 atom stereocenters. The van der Waals surface area contributed by atoms with E-state index in [2.05, 4.69) is 51.3 Å². The Morgan fingerprint density at radius 3 is 1.87 bits per heavy atom. The number of fused-ring (bicyclic) bond motifs is 1. The van der Waals surface area contributed by atoms with E-state index in [-0.39, 0.29) is 15.8 Å². The highest BCUT2D eigenvalue weighted by atomic mass is 32.1. The highest BCUT2D eigenvalue weighted by molar-refractivity contribution is 7.70. The highest BCUT2D eigenvalue weighted by Crippen LogP contribution is 2.58. The van der Waals surface area contributed by atoms with Crippen LogP contribution in [0.1, 0.15) is 53.4 Å². The van der Waals surface area contributed by atoms with Gasteiger partial charge < -0.3 is 0 Å². The van der Waals surface area contributed by atoms with Crippen molar-refractivity contribution >= 4 is 47.9 Å². The first-order valence-corrected chi connectivity index (χ1v) is 13.0. The molecule has 2 aliphatic rings. The van der Waals surface area contributed by atoms with Gasteiger partial charge in [0.2, 0.25) is 0 Å². The zero-order valence-electron chi connectivity index (χ0n) is 14.7. The predicted molar refractivity (Wildman–Crippen MR) is 111 cm³/mol. The van der Waals surface area contributed by atoms with Crippen molar-refractivity contribution in [3.05, 3.63) is 23.6 Å². The molecule has 124 valence electrons. The Hall–Kier alpha value is 0.0400. The second-order valence-electron chi connectivity index (χ2n) is 7.64. The monoisotopic (exact) mass is 362 g/mol. The lowest BCUT2D eigenvalue weighted by Crippen LogP contribution is -2.18. The molecule has 0 bridgehead atoms. The SMILES string of the molecule is CC1CCC(C)P1c1cccc2scc(P3[C@H](C)CC[C@H]3C)c12. The van der Waals surface area contributed by atoms with E-state index in [0.29, 0.717) is 0 Å². The molecule has 4 rings (SSSR count). The number of thiophene rings is 1. The molecule has 0 amide bonds. The quantitative estimate of drug-likeness (QED) is 0.553. The largest absolute Gasteiger partial charge is 0.143 e. The molecular weight excluding hydrogens is 334 g/mol.